The van der Waals surface area contributed by atoms with Gasteiger partial charge in [0.2, 0.25) is 16.5 Å². The highest BCUT2D eigenvalue weighted by Crippen LogP contribution is 2.23. The molecule has 2 rings (SSSR count). The van der Waals surface area contributed by atoms with Crippen LogP contribution in [-0.4, -0.2) is 24.7 Å². The topological polar surface area (TPSA) is 108 Å². The molecule has 1 aromatic heterocycles. The first-order valence-electron chi connectivity index (χ1n) is 4.89. The number of benzene rings is 1. The van der Waals surface area contributed by atoms with Crippen LogP contribution >= 0.6 is 43.1 Å². The van der Waals surface area contributed by atoms with Gasteiger partial charge in [-0.2, -0.15) is 15.0 Å². The van der Waals surface area contributed by atoms with Crippen LogP contribution in [0.5, 0.6) is 0 Å². The zero-order chi connectivity index (χ0) is 15.1. The largest absolute Gasteiger partial charge is 0.326 e. The van der Waals surface area contributed by atoms with Crippen molar-refractivity contribution in [3.8, 4) is 0 Å². The molecular weight excluding hydrogens is 349 g/mol. The molecule has 0 amide bonds. The summed E-state index contributed by atoms with van der Waals surface area (Å²) in [5, 5.41) is 3.49. The van der Waals surface area contributed by atoms with Crippen LogP contribution in [0.15, 0.2) is 24.3 Å². The van der Waals surface area contributed by atoms with Crippen molar-refractivity contribution >= 4 is 54.7 Å². The van der Waals surface area contributed by atoms with E-state index in [0.29, 0.717) is 10.7 Å². The fourth-order valence-electron chi connectivity index (χ4n) is 1.06. The van der Waals surface area contributed by atoms with Crippen molar-refractivity contribution < 1.29 is 14.4 Å². The van der Waals surface area contributed by atoms with Crippen molar-refractivity contribution in [1.29, 1.82) is 0 Å². The van der Waals surface area contributed by atoms with Gasteiger partial charge in [-0.1, -0.05) is 23.7 Å². The number of anilines is 2. The van der Waals surface area contributed by atoms with Crippen molar-refractivity contribution in [2.45, 2.75) is 0 Å². The van der Waals surface area contributed by atoms with Gasteiger partial charge in [0.25, 0.3) is 0 Å². The van der Waals surface area contributed by atoms with Crippen molar-refractivity contribution in [2.75, 3.05) is 5.32 Å². The Labute approximate surface area is 129 Å². The summed E-state index contributed by atoms with van der Waals surface area (Å²) in [4.78, 5) is 25.7. The van der Waals surface area contributed by atoms with Crippen LogP contribution in [0.3, 0.4) is 0 Å². The maximum atomic E-state index is 8.74. The molecule has 0 unspecified atom stereocenters. The van der Waals surface area contributed by atoms with E-state index in [1.807, 2.05) is 12.1 Å². The maximum absolute atomic E-state index is 8.74. The minimum Gasteiger partial charge on any atom is -0.326 e. The monoisotopic (exact) mass is 356 g/mol. The van der Waals surface area contributed by atoms with E-state index in [9.17, 15) is 0 Å². The minimum atomic E-state index is -3.13. The van der Waals surface area contributed by atoms with Gasteiger partial charge in [0.1, 0.15) is 0 Å². The highest BCUT2D eigenvalue weighted by molar-refractivity contribution is 7.30. The molecule has 0 saturated heterocycles. The molecule has 0 aliphatic carbocycles. The first-order chi connectivity index (χ1) is 9.38. The zero-order valence-electron chi connectivity index (χ0n) is 9.59. The summed E-state index contributed by atoms with van der Waals surface area (Å²) in [5.74, 6) is 0.248. The Morgan fingerprint density at radius 2 is 1.50 bits per heavy atom. The molecule has 0 aliphatic heterocycles. The predicted octanol–water partition coefficient (Wildman–Crippen LogP) is 2.94. The van der Waals surface area contributed by atoms with E-state index in [1.54, 1.807) is 12.1 Å². The lowest BCUT2D eigenvalue weighted by Gasteiger charge is -2.06. The molecule has 0 bridgehead atoms. The van der Waals surface area contributed by atoms with Gasteiger partial charge >= 0.3 is 8.25 Å². The first kappa shape index (κ1) is 17.1. The Bertz CT molecular complexity index is 592. The van der Waals surface area contributed by atoms with Crippen LogP contribution in [0.25, 0.3) is 0 Å². The van der Waals surface area contributed by atoms with Gasteiger partial charge in [-0.15, -0.1) is 0 Å². The summed E-state index contributed by atoms with van der Waals surface area (Å²) >= 11 is 17.2. The summed E-state index contributed by atoms with van der Waals surface area (Å²) < 4.78 is 8.74. The van der Waals surface area contributed by atoms with Crippen LogP contribution in [0, 0.1) is 0 Å². The van der Waals surface area contributed by atoms with Gasteiger partial charge in [-0.3, -0.25) is 4.57 Å². The average Bonchev–Trinajstić information content (AvgIpc) is 2.30. The molecule has 108 valence electrons. The molecule has 0 aliphatic rings. The van der Waals surface area contributed by atoms with E-state index in [2.05, 4.69) is 20.3 Å². The van der Waals surface area contributed by atoms with Gasteiger partial charge in [0, 0.05) is 0 Å². The van der Waals surface area contributed by atoms with Gasteiger partial charge < -0.3 is 15.1 Å². The number of nitrogens with one attached hydrogen (secondary N) is 1. The number of hydrogen-bond donors (Lipinski definition) is 3. The van der Waals surface area contributed by atoms with E-state index in [1.165, 1.54) is 0 Å². The smallest absolute Gasteiger partial charge is 0.314 e. The molecule has 1 aromatic carbocycles. The summed E-state index contributed by atoms with van der Waals surface area (Å²) in [6.45, 7) is 0. The normalized spacial score (nSPS) is 9.90. The summed E-state index contributed by atoms with van der Waals surface area (Å²) in [6, 6.07) is 7.18. The third-order valence-electron chi connectivity index (χ3n) is 1.70. The Hall–Kier alpha value is -0.950. The lowest BCUT2D eigenvalue weighted by molar-refractivity contribution is 0.405. The second-order valence-electron chi connectivity index (χ2n) is 3.08. The molecule has 2 aromatic rings. The highest BCUT2D eigenvalue weighted by Gasteiger charge is 2.05. The number of hydrogen-bond acceptors (Lipinski definition) is 5. The highest BCUT2D eigenvalue weighted by atomic mass is 35.5. The Morgan fingerprint density at radius 1 is 1.00 bits per heavy atom. The van der Waals surface area contributed by atoms with Crippen LogP contribution in [0.1, 0.15) is 0 Å². The lowest BCUT2D eigenvalue weighted by atomic mass is 10.3. The van der Waals surface area contributed by atoms with E-state index in [-0.39, 0.29) is 16.5 Å². The van der Waals surface area contributed by atoms with Gasteiger partial charge in [-0.25, -0.2) is 0 Å². The van der Waals surface area contributed by atoms with Crippen molar-refractivity contribution in [1.82, 2.24) is 15.0 Å². The van der Waals surface area contributed by atoms with Crippen LogP contribution in [0.4, 0.5) is 11.6 Å². The molecule has 3 N–H and O–H groups in total. The van der Waals surface area contributed by atoms with Crippen LogP contribution in [-0.2, 0) is 4.57 Å². The average molecular weight is 358 g/mol. The van der Waals surface area contributed by atoms with Crippen molar-refractivity contribution in [2.24, 2.45) is 0 Å². The standard InChI is InChI=1S/C9H5Cl3N4.H3O3P/c10-5-3-1-2-4-6(5)13-9-15-7(11)14-8(12)16-9;1-4(2)3/h1-4H,(H,13,14,15,16);4H,(H2,1,2,3). The van der Waals surface area contributed by atoms with Crippen LogP contribution < -0.4 is 5.32 Å². The second kappa shape index (κ2) is 8.36. The van der Waals surface area contributed by atoms with E-state index in [0.717, 1.165) is 0 Å². The van der Waals surface area contributed by atoms with Crippen LogP contribution in [0.2, 0.25) is 15.6 Å². The summed E-state index contributed by atoms with van der Waals surface area (Å²) in [6.07, 6.45) is 0. The van der Waals surface area contributed by atoms with Crippen molar-refractivity contribution in [3.05, 3.63) is 39.9 Å². The van der Waals surface area contributed by atoms with E-state index < -0.39 is 8.25 Å². The molecule has 0 radical (unpaired) electrons. The molecular formula is C9H8Cl3N4O3P. The Balaban J connectivity index is 0.000000444. The Kier molecular flexibility index (Phi) is 7.15. The SMILES string of the molecule is Clc1nc(Cl)nc(Nc2ccccc2Cl)n1.O=[PH](O)O. The molecule has 0 atom stereocenters. The zero-order valence-corrected chi connectivity index (χ0v) is 12.9. The summed E-state index contributed by atoms with van der Waals surface area (Å²) in [7, 11) is -3.13. The fraction of sp³-hybridized carbons (Fsp3) is 0. The molecule has 1 heterocycles. The van der Waals surface area contributed by atoms with Gasteiger partial charge in [0.15, 0.2) is 0 Å². The Morgan fingerprint density at radius 3 is 2.00 bits per heavy atom. The molecule has 7 nitrogen and oxygen atoms in total. The van der Waals surface area contributed by atoms with E-state index in [4.69, 9.17) is 49.2 Å². The third kappa shape index (κ3) is 6.47. The van der Waals surface area contributed by atoms with Gasteiger partial charge in [0.05, 0.1) is 10.7 Å². The second-order valence-corrected chi connectivity index (χ2v) is 4.73. The summed E-state index contributed by atoms with van der Waals surface area (Å²) in [5.41, 5.74) is 0.669. The lowest BCUT2D eigenvalue weighted by Crippen LogP contribution is -1.99. The number of rotatable bonds is 2. The molecule has 0 fully saturated rings. The predicted molar refractivity (Wildman–Crippen MR) is 78.0 cm³/mol. The molecule has 11 heteroatoms. The molecule has 0 spiro atoms. The molecule has 0 saturated carbocycles. The number of para-hydroxylation sites is 1. The van der Waals surface area contributed by atoms with Crippen molar-refractivity contribution in [3.63, 3.8) is 0 Å². The quantitative estimate of drug-likeness (QED) is 0.709. The van der Waals surface area contributed by atoms with E-state index >= 15 is 0 Å². The van der Waals surface area contributed by atoms with Gasteiger partial charge in [-0.05, 0) is 35.3 Å². The third-order valence-corrected chi connectivity index (χ3v) is 2.37. The number of halogens is 3. The fourth-order valence-corrected chi connectivity index (χ4v) is 1.61. The minimum absolute atomic E-state index is 0.0227. The maximum Gasteiger partial charge on any atom is 0.314 e. The number of aromatic nitrogens is 3. The molecule has 20 heavy (non-hydrogen) atoms. The number of nitrogens with zero attached hydrogens (tertiary/aromatic N) is 3. The first-order valence-corrected chi connectivity index (χ1v) is 7.32.